The summed E-state index contributed by atoms with van der Waals surface area (Å²) < 4.78 is 11.4. The van der Waals surface area contributed by atoms with Crippen molar-refractivity contribution in [3.05, 3.63) is 47.9 Å². The maximum absolute atomic E-state index is 5.89. The number of nitrogens with one attached hydrogen (secondary N) is 1. The fraction of sp³-hybridized carbons (Fsp3) is 0.375. The summed E-state index contributed by atoms with van der Waals surface area (Å²) in [5.41, 5.74) is 1.19. The lowest BCUT2D eigenvalue weighted by Crippen LogP contribution is -2.16. The Kier molecular flexibility index (Phi) is 4.33. The lowest BCUT2D eigenvalue weighted by molar-refractivity contribution is 0.262. The Balaban J connectivity index is 1.61. The van der Waals surface area contributed by atoms with Gasteiger partial charge in [-0.3, -0.25) is 0 Å². The molecule has 0 aliphatic heterocycles. The lowest BCUT2D eigenvalue weighted by atomic mass is 10.2. The van der Waals surface area contributed by atoms with Gasteiger partial charge in [0.2, 0.25) is 0 Å². The fourth-order valence-corrected chi connectivity index (χ4v) is 2.62. The number of hydrogen-bond acceptors (Lipinski definition) is 4. The summed E-state index contributed by atoms with van der Waals surface area (Å²) in [5.74, 6) is 1.83. The second-order valence-electron chi connectivity index (χ2n) is 4.96. The minimum atomic E-state index is 0.478. The van der Waals surface area contributed by atoms with E-state index in [0.717, 1.165) is 22.9 Å². The lowest BCUT2D eigenvalue weighted by Gasteiger charge is -2.09. The molecule has 0 saturated heterocycles. The topological polar surface area (TPSA) is 34.4 Å². The fourth-order valence-electron chi connectivity index (χ4n) is 2.07. The van der Waals surface area contributed by atoms with Crippen LogP contribution < -0.4 is 10.1 Å². The molecule has 0 unspecified atom stereocenters. The van der Waals surface area contributed by atoms with Crippen LogP contribution in [-0.2, 0) is 13.2 Å². The minimum Gasteiger partial charge on any atom is -0.484 e. The molecule has 1 N–H and O–H groups in total. The van der Waals surface area contributed by atoms with Crippen molar-refractivity contribution < 1.29 is 9.15 Å². The predicted molar refractivity (Wildman–Crippen MR) is 81.1 cm³/mol. The van der Waals surface area contributed by atoms with Gasteiger partial charge in [-0.1, -0.05) is 12.1 Å². The highest BCUT2D eigenvalue weighted by molar-refractivity contribution is 7.98. The van der Waals surface area contributed by atoms with Crippen LogP contribution in [0.2, 0.25) is 0 Å². The first-order chi connectivity index (χ1) is 9.86. The molecule has 0 bridgehead atoms. The molecule has 20 heavy (non-hydrogen) atoms. The zero-order valence-corrected chi connectivity index (χ0v) is 12.4. The standard InChI is InChI=1S/C16H19NO2S/c1-20-16-5-3-2-4-14(16)19-11-15-12(8-9-18-15)10-17-13-6-7-13/h2-5,8-9,13,17H,6-7,10-11H2,1H3. The maximum Gasteiger partial charge on any atom is 0.146 e. The molecule has 1 aromatic carbocycles. The van der Waals surface area contributed by atoms with Gasteiger partial charge >= 0.3 is 0 Å². The van der Waals surface area contributed by atoms with Gasteiger partial charge in [-0.15, -0.1) is 11.8 Å². The SMILES string of the molecule is CSc1ccccc1OCc1occc1CNC1CC1. The van der Waals surface area contributed by atoms with Crippen LogP contribution in [-0.4, -0.2) is 12.3 Å². The molecule has 0 radical (unpaired) electrons. The first-order valence-electron chi connectivity index (χ1n) is 6.91. The Morgan fingerprint density at radius 1 is 1.30 bits per heavy atom. The molecule has 106 valence electrons. The van der Waals surface area contributed by atoms with Gasteiger partial charge < -0.3 is 14.5 Å². The Labute approximate surface area is 123 Å². The molecule has 0 spiro atoms. The van der Waals surface area contributed by atoms with Crippen molar-refractivity contribution in [3.8, 4) is 5.75 Å². The van der Waals surface area contributed by atoms with Crippen molar-refractivity contribution in [1.82, 2.24) is 5.32 Å². The van der Waals surface area contributed by atoms with Gasteiger partial charge in [-0.2, -0.15) is 0 Å². The van der Waals surface area contributed by atoms with E-state index in [4.69, 9.17) is 9.15 Å². The third-order valence-corrected chi connectivity index (χ3v) is 4.20. The number of benzene rings is 1. The number of hydrogen-bond donors (Lipinski definition) is 1. The van der Waals surface area contributed by atoms with E-state index < -0.39 is 0 Å². The van der Waals surface area contributed by atoms with Gasteiger partial charge in [0, 0.05) is 23.0 Å². The van der Waals surface area contributed by atoms with Gasteiger partial charge in [-0.05, 0) is 37.3 Å². The van der Waals surface area contributed by atoms with E-state index in [9.17, 15) is 0 Å². The summed E-state index contributed by atoms with van der Waals surface area (Å²) in [6.45, 7) is 1.34. The average Bonchev–Trinajstić information content (AvgIpc) is 3.21. The highest BCUT2D eigenvalue weighted by Gasteiger charge is 2.21. The summed E-state index contributed by atoms with van der Waals surface area (Å²) in [5, 5.41) is 3.50. The molecule has 1 heterocycles. The van der Waals surface area contributed by atoms with Crippen LogP contribution in [0.1, 0.15) is 24.2 Å². The van der Waals surface area contributed by atoms with Crippen LogP contribution >= 0.6 is 11.8 Å². The summed E-state index contributed by atoms with van der Waals surface area (Å²) in [6.07, 6.45) is 6.39. The van der Waals surface area contributed by atoms with E-state index in [-0.39, 0.29) is 0 Å². The quantitative estimate of drug-likeness (QED) is 0.786. The van der Waals surface area contributed by atoms with Gasteiger partial charge in [0.15, 0.2) is 0 Å². The van der Waals surface area contributed by atoms with E-state index in [1.54, 1.807) is 18.0 Å². The zero-order chi connectivity index (χ0) is 13.8. The van der Waals surface area contributed by atoms with Gasteiger partial charge in [-0.25, -0.2) is 0 Å². The maximum atomic E-state index is 5.89. The number of furan rings is 1. The van der Waals surface area contributed by atoms with Gasteiger partial charge in [0.25, 0.3) is 0 Å². The molecule has 1 aliphatic carbocycles. The zero-order valence-electron chi connectivity index (χ0n) is 11.6. The molecular formula is C16H19NO2S. The molecule has 1 saturated carbocycles. The minimum absolute atomic E-state index is 0.478. The number of rotatable bonds is 7. The third-order valence-electron chi connectivity index (χ3n) is 3.42. The van der Waals surface area contributed by atoms with E-state index >= 15 is 0 Å². The van der Waals surface area contributed by atoms with Crippen molar-refractivity contribution in [2.45, 2.75) is 36.9 Å². The Morgan fingerprint density at radius 3 is 2.95 bits per heavy atom. The molecule has 1 fully saturated rings. The van der Waals surface area contributed by atoms with E-state index in [1.165, 1.54) is 18.4 Å². The molecule has 0 atom stereocenters. The summed E-state index contributed by atoms with van der Waals surface area (Å²) >= 11 is 1.69. The molecule has 1 aromatic heterocycles. The Bertz CT molecular complexity index is 563. The highest BCUT2D eigenvalue weighted by Crippen LogP contribution is 2.28. The number of thioether (sulfide) groups is 1. The van der Waals surface area contributed by atoms with Gasteiger partial charge in [0.05, 0.1) is 6.26 Å². The Morgan fingerprint density at radius 2 is 2.15 bits per heavy atom. The first kappa shape index (κ1) is 13.6. The molecule has 4 heteroatoms. The van der Waals surface area contributed by atoms with Crippen molar-refractivity contribution in [2.24, 2.45) is 0 Å². The molecule has 3 rings (SSSR count). The van der Waals surface area contributed by atoms with E-state index in [1.807, 2.05) is 24.3 Å². The Hall–Kier alpha value is -1.39. The first-order valence-corrected chi connectivity index (χ1v) is 8.13. The number of ether oxygens (including phenoxy) is 1. The largest absolute Gasteiger partial charge is 0.484 e. The van der Waals surface area contributed by atoms with Crippen molar-refractivity contribution in [1.29, 1.82) is 0 Å². The van der Waals surface area contributed by atoms with Crippen molar-refractivity contribution >= 4 is 11.8 Å². The third kappa shape index (κ3) is 3.38. The van der Waals surface area contributed by atoms with Crippen molar-refractivity contribution in [2.75, 3.05) is 6.26 Å². The molecule has 3 nitrogen and oxygen atoms in total. The smallest absolute Gasteiger partial charge is 0.146 e. The van der Waals surface area contributed by atoms with E-state index in [2.05, 4.69) is 17.6 Å². The van der Waals surface area contributed by atoms with Crippen LogP contribution in [0.15, 0.2) is 45.9 Å². The van der Waals surface area contributed by atoms with Crippen molar-refractivity contribution in [3.63, 3.8) is 0 Å². The second kappa shape index (κ2) is 6.37. The second-order valence-corrected chi connectivity index (χ2v) is 5.81. The monoisotopic (exact) mass is 289 g/mol. The van der Waals surface area contributed by atoms with E-state index in [0.29, 0.717) is 12.6 Å². The van der Waals surface area contributed by atoms with Crippen LogP contribution in [0, 0.1) is 0 Å². The summed E-state index contributed by atoms with van der Waals surface area (Å²) in [7, 11) is 0. The van der Waals surface area contributed by atoms with Crippen LogP contribution in [0.3, 0.4) is 0 Å². The average molecular weight is 289 g/mol. The summed E-state index contributed by atoms with van der Waals surface area (Å²) in [6, 6.07) is 10.8. The van der Waals surface area contributed by atoms with Crippen LogP contribution in [0.5, 0.6) is 5.75 Å². The summed E-state index contributed by atoms with van der Waals surface area (Å²) in [4.78, 5) is 1.15. The van der Waals surface area contributed by atoms with Crippen LogP contribution in [0.25, 0.3) is 0 Å². The highest BCUT2D eigenvalue weighted by atomic mass is 32.2. The molecule has 0 amide bonds. The molecule has 2 aromatic rings. The predicted octanol–water partition coefficient (Wildman–Crippen LogP) is 3.83. The molecule has 1 aliphatic rings. The van der Waals surface area contributed by atoms with Crippen LogP contribution in [0.4, 0.5) is 0 Å². The number of para-hydroxylation sites is 1. The molecular weight excluding hydrogens is 270 g/mol. The normalized spacial score (nSPS) is 14.4. The van der Waals surface area contributed by atoms with Gasteiger partial charge in [0.1, 0.15) is 18.1 Å².